The van der Waals surface area contributed by atoms with Crippen LogP contribution < -0.4 is 10.1 Å². The largest absolute Gasteiger partial charge is 0.434 e. The molecule has 0 aliphatic rings. The van der Waals surface area contributed by atoms with E-state index in [0.717, 1.165) is 50.6 Å². The Hall–Kier alpha value is -4.18. The van der Waals surface area contributed by atoms with Crippen LogP contribution in [-0.2, 0) is 4.79 Å². The molecule has 0 fully saturated rings. The van der Waals surface area contributed by atoms with Crippen molar-refractivity contribution in [3.8, 4) is 16.3 Å². The molecule has 0 radical (unpaired) electrons. The number of amides is 1. The highest BCUT2D eigenvalue weighted by atomic mass is 32.1. The summed E-state index contributed by atoms with van der Waals surface area (Å²) in [5, 5.41) is 14.5. The van der Waals surface area contributed by atoms with Crippen LogP contribution in [0.15, 0.2) is 66.7 Å². The number of hydrogen-bond acceptors (Lipinski definition) is 6. The Bertz CT molecular complexity index is 1400. The molecule has 172 valence electrons. The molecule has 1 amide bonds. The van der Waals surface area contributed by atoms with Gasteiger partial charge in [0.05, 0.1) is 15.1 Å². The third-order valence-electron chi connectivity index (χ3n) is 4.78. The fourth-order valence-electron chi connectivity index (χ4n) is 3.19. The summed E-state index contributed by atoms with van der Waals surface area (Å²) in [6, 6.07) is 16.4. The minimum Gasteiger partial charge on any atom is -0.434 e. The molecule has 4 aromatic rings. The highest BCUT2D eigenvalue weighted by Crippen LogP contribution is 2.31. The lowest BCUT2D eigenvalue weighted by atomic mass is 10.1. The molecular weight excluding hydrogens is 464 g/mol. The maximum Gasteiger partial charge on any atom is 0.387 e. The van der Waals surface area contributed by atoms with Crippen LogP contribution in [0.5, 0.6) is 5.75 Å². The Morgan fingerprint density at radius 1 is 1.15 bits per heavy atom. The number of aryl methyl sites for hydroxylation is 1. The molecule has 0 bridgehead atoms. The molecule has 1 N–H and O–H groups in total. The number of fused-ring (bicyclic) bond motifs is 1. The molecular formula is C24H17F2N3O4S. The standard InChI is InChI=1S/C24H17F2N3O4S/c1-14-2-10-21-19(12-14)28-23(34-21)15-3-6-17(7-4-15)27-22(30)11-5-16-13-18(29(31)32)8-9-20(16)33-24(25)26/h2-13,24H,1H3,(H,27,30)/b11-5+. The molecule has 7 nitrogen and oxygen atoms in total. The lowest BCUT2D eigenvalue weighted by Gasteiger charge is -2.08. The van der Waals surface area contributed by atoms with E-state index < -0.39 is 17.4 Å². The molecule has 0 unspecified atom stereocenters. The molecule has 0 saturated heterocycles. The molecule has 10 heteroatoms. The van der Waals surface area contributed by atoms with Crippen LogP contribution in [0.2, 0.25) is 0 Å². The van der Waals surface area contributed by atoms with E-state index in [-0.39, 0.29) is 17.0 Å². The van der Waals surface area contributed by atoms with Gasteiger partial charge in [0, 0.05) is 35.0 Å². The minimum atomic E-state index is -3.11. The van der Waals surface area contributed by atoms with E-state index in [1.54, 1.807) is 23.5 Å². The first-order valence-corrected chi connectivity index (χ1v) is 10.8. The third-order valence-corrected chi connectivity index (χ3v) is 5.86. The number of ether oxygens (including phenoxy) is 1. The van der Waals surface area contributed by atoms with E-state index in [1.807, 2.05) is 37.3 Å². The van der Waals surface area contributed by atoms with E-state index >= 15 is 0 Å². The summed E-state index contributed by atoms with van der Waals surface area (Å²) >= 11 is 1.57. The predicted octanol–water partition coefficient (Wildman–Crippen LogP) is 6.43. The van der Waals surface area contributed by atoms with E-state index in [2.05, 4.69) is 15.0 Å². The molecule has 3 aromatic carbocycles. The average molecular weight is 481 g/mol. The summed E-state index contributed by atoms with van der Waals surface area (Å²) in [5.74, 6) is -0.822. The number of nitrogens with one attached hydrogen (secondary N) is 1. The van der Waals surface area contributed by atoms with Crippen LogP contribution in [-0.4, -0.2) is 22.4 Å². The summed E-state index contributed by atoms with van der Waals surface area (Å²) in [6.45, 7) is -1.10. The van der Waals surface area contributed by atoms with Gasteiger partial charge in [0.1, 0.15) is 10.8 Å². The monoisotopic (exact) mass is 481 g/mol. The fraction of sp³-hybridized carbons (Fsp3) is 0.0833. The third kappa shape index (κ3) is 5.41. The van der Waals surface area contributed by atoms with Gasteiger partial charge in [0.2, 0.25) is 5.91 Å². The molecule has 0 aliphatic carbocycles. The van der Waals surface area contributed by atoms with Crippen molar-refractivity contribution in [3.05, 3.63) is 88.0 Å². The van der Waals surface area contributed by atoms with Crippen molar-refractivity contribution < 1.29 is 23.2 Å². The van der Waals surface area contributed by atoms with Crippen molar-refractivity contribution in [2.75, 3.05) is 5.32 Å². The molecule has 0 aliphatic heterocycles. The second-order valence-corrected chi connectivity index (χ2v) is 8.28. The number of non-ortho nitro benzene ring substituents is 1. The minimum absolute atomic E-state index is 0.0222. The summed E-state index contributed by atoms with van der Waals surface area (Å²) in [6.07, 6.45) is 2.26. The number of thiazole rings is 1. The smallest absolute Gasteiger partial charge is 0.387 e. The number of nitro benzene ring substituents is 1. The quantitative estimate of drug-likeness (QED) is 0.186. The molecule has 1 heterocycles. The summed E-state index contributed by atoms with van der Waals surface area (Å²) in [4.78, 5) is 27.3. The van der Waals surface area contributed by atoms with Crippen LogP contribution in [0.3, 0.4) is 0 Å². The molecule has 0 spiro atoms. The van der Waals surface area contributed by atoms with Crippen LogP contribution in [0.1, 0.15) is 11.1 Å². The number of halogens is 2. The van der Waals surface area contributed by atoms with Crippen LogP contribution in [0.4, 0.5) is 20.2 Å². The summed E-state index contributed by atoms with van der Waals surface area (Å²) in [5.41, 5.74) is 3.14. The van der Waals surface area contributed by atoms with Gasteiger partial charge in [0.25, 0.3) is 5.69 Å². The van der Waals surface area contributed by atoms with E-state index in [9.17, 15) is 23.7 Å². The Labute approximate surface area is 196 Å². The first kappa shape index (κ1) is 23.0. The van der Waals surface area contributed by atoms with Crippen LogP contribution in [0, 0.1) is 17.0 Å². The van der Waals surface area contributed by atoms with Gasteiger partial charge < -0.3 is 10.1 Å². The number of alkyl halides is 2. The second kappa shape index (κ2) is 9.75. The average Bonchev–Trinajstić information content (AvgIpc) is 3.21. The normalized spacial score (nSPS) is 11.3. The number of carbonyl (C=O) groups is 1. The Kier molecular flexibility index (Phi) is 6.60. The molecule has 0 atom stereocenters. The van der Waals surface area contributed by atoms with Crippen molar-refractivity contribution in [3.63, 3.8) is 0 Å². The number of aromatic nitrogens is 1. The number of benzene rings is 3. The van der Waals surface area contributed by atoms with E-state index in [0.29, 0.717) is 5.69 Å². The number of nitro groups is 1. The molecule has 4 rings (SSSR count). The zero-order valence-corrected chi connectivity index (χ0v) is 18.5. The highest BCUT2D eigenvalue weighted by molar-refractivity contribution is 7.21. The summed E-state index contributed by atoms with van der Waals surface area (Å²) in [7, 11) is 0. The van der Waals surface area contributed by atoms with Crippen LogP contribution >= 0.6 is 11.3 Å². The number of anilines is 1. The van der Waals surface area contributed by atoms with Gasteiger partial charge in [-0.1, -0.05) is 6.07 Å². The fourth-order valence-corrected chi connectivity index (χ4v) is 4.14. The first-order chi connectivity index (χ1) is 16.3. The maximum atomic E-state index is 12.6. The van der Waals surface area contributed by atoms with E-state index in [1.165, 1.54) is 6.08 Å². The van der Waals surface area contributed by atoms with Gasteiger partial charge in [-0.05, 0) is 61.0 Å². The van der Waals surface area contributed by atoms with Crippen molar-refractivity contribution >= 4 is 44.9 Å². The Morgan fingerprint density at radius 3 is 2.62 bits per heavy atom. The topological polar surface area (TPSA) is 94.4 Å². The molecule has 1 aromatic heterocycles. The lowest BCUT2D eigenvalue weighted by Crippen LogP contribution is -2.08. The van der Waals surface area contributed by atoms with Crippen molar-refractivity contribution in [2.24, 2.45) is 0 Å². The number of hydrogen-bond donors (Lipinski definition) is 1. The van der Waals surface area contributed by atoms with Crippen molar-refractivity contribution in [1.82, 2.24) is 4.98 Å². The van der Waals surface area contributed by atoms with Gasteiger partial charge in [-0.3, -0.25) is 14.9 Å². The molecule has 0 saturated carbocycles. The SMILES string of the molecule is Cc1ccc2sc(-c3ccc(NC(=O)/C=C/c4cc([N+](=O)[O-])ccc4OC(F)F)cc3)nc2c1. The van der Waals surface area contributed by atoms with Gasteiger partial charge in [0.15, 0.2) is 0 Å². The number of rotatable bonds is 7. The van der Waals surface area contributed by atoms with E-state index in [4.69, 9.17) is 0 Å². The Morgan fingerprint density at radius 2 is 1.91 bits per heavy atom. The van der Waals surface area contributed by atoms with Crippen molar-refractivity contribution in [1.29, 1.82) is 0 Å². The highest BCUT2D eigenvalue weighted by Gasteiger charge is 2.14. The zero-order chi connectivity index (χ0) is 24.2. The zero-order valence-electron chi connectivity index (χ0n) is 17.7. The van der Waals surface area contributed by atoms with Crippen molar-refractivity contribution in [2.45, 2.75) is 13.5 Å². The number of nitrogens with zero attached hydrogens (tertiary/aromatic N) is 2. The number of carbonyl (C=O) groups excluding carboxylic acids is 1. The second-order valence-electron chi connectivity index (χ2n) is 7.25. The lowest BCUT2D eigenvalue weighted by molar-refractivity contribution is -0.384. The predicted molar refractivity (Wildman–Crippen MR) is 127 cm³/mol. The maximum absolute atomic E-state index is 12.6. The van der Waals surface area contributed by atoms with Gasteiger partial charge in [-0.25, -0.2) is 4.98 Å². The Balaban J connectivity index is 1.47. The van der Waals surface area contributed by atoms with Gasteiger partial charge in [-0.15, -0.1) is 11.3 Å². The van der Waals surface area contributed by atoms with Gasteiger partial charge in [-0.2, -0.15) is 8.78 Å². The van der Waals surface area contributed by atoms with Crippen LogP contribution in [0.25, 0.3) is 26.9 Å². The summed E-state index contributed by atoms with van der Waals surface area (Å²) < 4.78 is 30.7. The van der Waals surface area contributed by atoms with Gasteiger partial charge >= 0.3 is 6.61 Å². The molecule has 34 heavy (non-hydrogen) atoms. The first-order valence-electron chi connectivity index (χ1n) is 9.98.